The molecular formula is C17H12BrCl2NO4S. The van der Waals surface area contributed by atoms with Crippen molar-refractivity contribution in [2.24, 2.45) is 0 Å². The minimum atomic E-state index is -1.81. The van der Waals surface area contributed by atoms with Crippen molar-refractivity contribution in [2.75, 3.05) is 7.11 Å². The summed E-state index contributed by atoms with van der Waals surface area (Å²) in [7, 11) is -0.550. The SMILES string of the molecule is COC(=O)c1cc2c(cc1Cl)cc(C)n2S(=O)c1cc(Br)cc(Cl)c1O. The molecule has 0 saturated carbocycles. The van der Waals surface area contributed by atoms with Gasteiger partial charge in [-0.25, -0.2) is 9.00 Å². The molecule has 9 heteroatoms. The molecule has 1 N–H and O–H groups in total. The van der Waals surface area contributed by atoms with Crippen molar-refractivity contribution < 1.29 is 18.8 Å². The lowest BCUT2D eigenvalue weighted by atomic mass is 10.1. The maximum absolute atomic E-state index is 13.2. The summed E-state index contributed by atoms with van der Waals surface area (Å²) < 4.78 is 20.0. The Bertz CT molecular complexity index is 1080. The first-order valence-corrected chi connectivity index (χ1v) is 9.90. The molecule has 5 nitrogen and oxygen atoms in total. The number of esters is 1. The van der Waals surface area contributed by atoms with E-state index in [2.05, 4.69) is 15.9 Å². The Morgan fingerprint density at radius 3 is 2.54 bits per heavy atom. The van der Waals surface area contributed by atoms with E-state index in [9.17, 15) is 14.1 Å². The number of phenols is 1. The molecule has 2 aromatic carbocycles. The van der Waals surface area contributed by atoms with Gasteiger partial charge in [0.2, 0.25) is 0 Å². The molecule has 0 amide bonds. The number of hydrogen-bond acceptors (Lipinski definition) is 4. The second-order valence-corrected chi connectivity index (χ2v) is 8.48. The second kappa shape index (κ2) is 7.23. The number of methoxy groups -OCH3 is 1. The molecule has 0 aliphatic carbocycles. The largest absolute Gasteiger partial charge is 0.505 e. The maximum Gasteiger partial charge on any atom is 0.339 e. The first-order chi connectivity index (χ1) is 12.2. The van der Waals surface area contributed by atoms with Gasteiger partial charge in [-0.2, -0.15) is 0 Å². The van der Waals surface area contributed by atoms with E-state index in [1.807, 2.05) is 0 Å². The van der Waals surface area contributed by atoms with Crippen molar-refractivity contribution in [1.29, 1.82) is 0 Å². The minimum absolute atomic E-state index is 0.0788. The number of aromatic hydroxyl groups is 1. The Morgan fingerprint density at radius 2 is 1.88 bits per heavy atom. The van der Waals surface area contributed by atoms with Gasteiger partial charge in [-0.05, 0) is 37.3 Å². The van der Waals surface area contributed by atoms with Gasteiger partial charge in [-0.3, -0.25) is 3.97 Å². The van der Waals surface area contributed by atoms with Crippen LogP contribution in [0.2, 0.25) is 10.0 Å². The van der Waals surface area contributed by atoms with E-state index in [1.54, 1.807) is 19.1 Å². The van der Waals surface area contributed by atoms with E-state index in [1.165, 1.54) is 29.3 Å². The van der Waals surface area contributed by atoms with E-state index in [0.717, 1.165) is 0 Å². The maximum atomic E-state index is 13.2. The fraction of sp³-hybridized carbons (Fsp3) is 0.118. The van der Waals surface area contributed by atoms with Gasteiger partial charge in [-0.15, -0.1) is 0 Å². The van der Waals surface area contributed by atoms with Crippen molar-refractivity contribution in [3.05, 3.63) is 56.1 Å². The molecule has 0 spiro atoms. The van der Waals surface area contributed by atoms with Crippen LogP contribution >= 0.6 is 39.1 Å². The zero-order chi connectivity index (χ0) is 19.2. The molecule has 1 heterocycles. The minimum Gasteiger partial charge on any atom is -0.505 e. The number of aryl methyl sites for hydroxylation is 1. The highest BCUT2D eigenvalue weighted by molar-refractivity contribution is 9.10. The number of fused-ring (bicyclic) bond motifs is 1. The fourth-order valence-corrected chi connectivity index (χ4v) is 5.22. The summed E-state index contributed by atoms with van der Waals surface area (Å²) in [4.78, 5) is 12.1. The van der Waals surface area contributed by atoms with Gasteiger partial charge in [-0.1, -0.05) is 39.1 Å². The molecule has 136 valence electrons. The molecule has 0 bridgehead atoms. The van der Waals surface area contributed by atoms with Crippen LogP contribution in [0.15, 0.2) is 39.7 Å². The van der Waals surface area contributed by atoms with E-state index >= 15 is 0 Å². The molecule has 0 aliphatic heterocycles. The average Bonchev–Trinajstić information content (AvgIpc) is 2.90. The van der Waals surface area contributed by atoms with Gasteiger partial charge in [0.1, 0.15) is 4.90 Å². The summed E-state index contributed by atoms with van der Waals surface area (Å²) in [6.07, 6.45) is 0. The number of aromatic nitrogens is 1. The van der Waals surface area contributed by atoms with Crippen LogP contribution in [0.3, 0.4) is 0 Å². The van der Waals surface area contributed by atoms with Crippen LogP contribution in [0, 0.1) is 6.92 Å². The summed E-state index contributed by atoms with van der Waals surface area (Å²) in [5.41, 5.74) is 1.34. The Morgan fingerprint density at radius 1 is 1.19 bits per heavy atom. The number of hydrogen-bond donors (Lipinski definition) is 1. The molecule has 3 rings (SSSR count). The van der Waals surface area contributed by atoms with Crippen LogP contribution in [0.5, 0.6) is 5.75 Å². The average molecular weight is 477 g/mol. The third-order valence-corrected chi connectivity index (χ3v) is 6.33. The smallest absolute Gasteiger partial charge is 0.339 e. The zero-order valence-electron chi connectivity index (χ0n) is 13.5. The lowest BCUT2D eigenvalue weighted by Crippen LogP contribution is -2.08. The number of halogens is 3. The van der Waals surface area contributed by atoms with Gasteiger partial charge in [0, 0.05) is 15.6 Å². The molecule has 26 heavy (non-hydrogen) atoms. The Balaban J connectivity index is 2.26. The molecule has 0 saturated heterocycles. The Labute approximate surface area is 170 Å². The van der Waals surface area contributed by atoms with Crippen molar-refractivity contribution in [3.8, 4) is 5.75 Å². The molecule has 3 aromatic rings. The third-order valence-electron chi connectivity index (χ3n) is 3.77. The van der Waals surface area contributed by atoms with Crippen LogP contribution in [0.4, 0.5) is 0 Å². The van der Waals surface area contributed by atoms with E-state index in [0.29, 0.717) is 21.1 Å². The second-order valence-electron chi connectivity index (χ2n) is 5.45. The topological polar surface area (TPSA) is 68.5 Å². The summed E-state index contributed by atoms with van der Waals surface area (Å²) in [6, 6.07) is 7.95. The molecule has 1 unspecified atom stereocenters. The summed E-state index contributed by atoms with van der Waals surface area (Å²) >= 11 is 15.4. The fourth-order valence-electron chi connectivity index (χ4n) is 2.60. The predicted octanol–water partition coefficient (Wildman–Crippen LogP) is 5.08. The van der Waals surface area contributed by atoms with E-state index in [-0.39, 0.29) is 26.3 Å². The molecule has 1 atom stereocenters. The summed E-state index contributed by atoms with van der Waals surface area (Å²) in [5, 5.41) is 11.2. The van der Waals surface area contributed by atoms with Crippen LogP contribution in [0.25, 0.3) is 10.9 Å². The molecule has 0 aliphatic rings. The van der Waals surface area contributed by atoms with Gasteiger partial charge >= 0.3 is 5.97 Å². The first kappa shape index (κ1) is 19.2. The number of carbonyl (C=O) groups excluding carboxylic acids is 1. The van der Waals surface area contributed by atoms with Gasteiger partial charge in [0.05, 0.1) is 28.2 Å². The highest BCUT2D eigenvalue weighted by Crippen LogP contribution is 2.36. The monoisotopic (exact) mass is 475 g/mol. The van der Waals surface area contributed by atoms with Gasteiger partial charge in [0.25, 0.3) is 0 Å². The number of rotatable bonds is 3. The van der Waals surface area contributed by atoms with Crippen LogP contribution in [0.1, 0.15) is 16.1 Å². The lowest BCUT2D eigenvalue weighted by molar-refractivity contribution is 0.0601. The van der Waals surface area contributed by atoms with Crippen molar-refractivity contribution in [3.63, 3.8) is 0 Å². The summed E-state index contributed by atoms with van der Waals surface area (Å²) in [5.74, 6) is -0.863. The Hall–Kier alpha value is -1.54. The van der Waals surface area contributed by atoms with Crippen LogP contribution in [-0.4, -0.2) is 26.4 Å². The van der Waals surface area contributed by atoms with Crippen molar-refractivity contribution in [1.82, 2.24) is 3.97 Å². The predicted molar refractivity (Wildman–Crippen MR) is 106 cm³/mol. The first-order valence-electron chi connectivity index (χ1n) is 7.24. The number of benzene rings is 2. The Kier molecular flexibility index (Phi) is 5.35. The summed E-state index contributed by atoms with van der Waals surface area (Å²) in [6.45, 7) is 1.76. The third kappa shape index (κ3) is 3.24. The van der Waals surface area contributed by atoms with Gasteiger partial charge < -0.3 is 9.84 Å². The molecule has 0 fully saturated rings. The van der Waals surface area contributed by atoms with Crippen LogP contribution in [-0.2, 0) is 15.7 Å². The molecule has 1 aromatic heterocycles. The molecular weight excluding hydrogens is 465 g/mol. The van der Waals surface area contributed by atoms with E-state index in [4.69, 9.17) is 27.9 Å². The lowest BCUT2D eigenvalue weighted by Gasteiger charge is -2.12. The highest BCUT2D eigenvalue weighted by atomic mass is 79.9. The number of carbonyl (C=O) groups is 1. The quantitative estimate of drug-likeness (QED) is 0.535. The number of phenolic OH excluding ortho intramolecular Hbond substituents is 1. The normalized spacial score (nSPS) is 12.3. The standard InChI is InChI=1S/C17H12BrCl2NO4S/c1-8-3-9-4-12(19)11(17(23)25-2)7-14(9)21(8)26(24)15-6-10(18)5-13(20)16(15)22/h3-7,22H,1-2H3. The van der Waals surface area contributed by atoms with Crippen molar-refractivity contribution in [2.45, 2.75) is 11.8 Å². The highest BCUT2D eigenvalue weighted by Gasteiger charge is 2.21. The molecule has 0 radical (unpaired) electrons. The van der Waals surface area contributed by atoms with E-state index < -0.39 is 17.0 Å². The number of ether oxygens (including phenoxy) is 1. The van der Waals surface area contributed by atoms with Crippen LogP contribution < -0.4 is 0 Å². The van der Waals surface area contributed by atoms with Crippen molar-refractivity contribution >= 4 is 67.0 Å². The number of nitrogens with zero attached hydrogens (tertiary/aromatic N) is 1. The van der Waals surface area contributed by atoms with Gasteiger partial charge in [0.15, 0.2) is 16.7 Å². The zero-order valence-corrected chi connectivity index (χ0v) is 17.5.